The monoisotopic (exact) mass is 383 g/mol. The predicted molar refractivity (Wildman–Crippen MR) is 110 cm³/mol. The summed E-state index contributed by atoms with van der Waals surface area (Å²) in [6, 6.07) is 7.84. The minimum absolute atomic E-state index is 0.124. The van der Waals surface area contributed by atoms with Gasteiger partial charge in [0.15, 0.2) is 5.96 Å². The summed E-state index contributed by atoms with van der Waals surface area (Å²) in [5, 5.41) is 9.47. The second-order valence-electron chi connectivity index (χ2n) is 7.12. The Morgan fingerprint density at radius 2 is 2.11 bits per heavy atom. The molecule has 0 saturated heterocycles. The molecule has 0 aliphatic heterocycles. The fourth-order valence-electron chi connectivity index (χ4n) is 2.95. The Hall–Kier alpha value is -2.83. The average molecular weight is 383 g/mol. The first kappa shape index (κ1) is 19.9. The molecule has 0 bridgehead atoms. The van der Waals surface area contributed by atoms with Gasteiger partial charge in [0, 0.05) is 18.2 Å². The smallest absolute Gasteiger partial charge is 0.227 e. The predicted octanol–water partition coefficient (Wildman–Crippen LogP) is 3.29. The van der Waals surface area contributed by atoms with Crippen LogP contribution in [0.15, 0.2) is 33.7 Å². The van der Waals surface area contributed by atoms with Crippen LogP contribution in [0.4, 0.5) is 5.69 Å². The number of nitrogens with one attached hydrogen (secondary N) is 3. The van der Waals surface area contributed by atoms with E-state index in [0.29, 0.717) is 24.9 Å². The Morgan fingerprint density at radius 3 is 2.75 bits per heavy atom. The second kappa shape index (κ2) is 9.39. The Balaban J connectivity index is 1.58. The van der Waals surface area contributed by atoms with Crippen LogP contribution in [0.3, 0.4) is 0 Å². The molecule has 2 aromatic rings. The lowest BCUT2D eigenvalue weighted by molar-refractivity contribution is -0.122. The van der Waals surface area contributed by atoms with E-state index < -0.39 is 0 Å². The SMILES string of the molecule is CCNC(=NCc1cccc(NC(=O)C2CCC2)c1)NCc1nc(C)c(C)o1. The molecule has 3 N–H and O–H groups in total. The van der Waals surface area contributed by atoms with Gasteiger partial charge in [0.25, 0.3) is 0 Å². The van der Waals surface area contributed by atoms with E-state index in [1.54, 1.807) is 0 Å². The van der Waals surface area contributed by atoms with Gasteiger partial charge in [-0.2, -0.15) is 0 Å². The third-order valence-corrected chi connectivity index (χ3v) is 4.91. The first-order valence-electron chi connectivity index (χ1n) is 9.90. The van der Waals surface area contributed by atoms with Crippen LogP contribution in [0.2, 0.25) is 0 Å². The number of aryl methyl sites for hydroxylation is 2. The third kappa shape index (κ3) is 5.34. The minimum atomic E-state index is 0.124. The minimum Gasteiger partial charge on any atom is -0.444 e. The summed E-state index contributed by atoms with van der Waals surface area (Å²) in [6.45, 7) is 7.59. The molecule has 1 aliphatic rings. The zero-order valence-electron chi connectivity index (χ0n) is 16.8. The van der Waals surface area contributed by atoms with Gasteiger partial charge in [-0.15, -0.1) is 0 Å². The fourth-order valence-corrected chi connectivity index (χ4v) is 2.95. The summed E-state index contributed by atoms with van der Waals surface area (Å²) in [5.41, 5.74) is 2.76. The van der Waals surface area contributed by atoms with E-state index in [4.69, 9.17) is 4.42 Å². The van der Waals surface area contributed by atoms with Crippen molar-refractivity contribution in [2.24, 2.45) is 10.9 Å². The van der Waals surface area contributed by atoms with E-state index in [1.807, 2.05) is 45.0 Å². The number of nitrogens with zero attached hydrogens (tertiary/aromatic N) is 2. The summed E-state index contributed by atoms with van der Waals surface area (Å²) >= 11 is 0. The number of aliphatic imine (C=N–C) groups is 1. The molecule has 7 heteroatoms. The van der Waals surface area contributed by atoms with E-state index in [2.05, 4.69) is 25.9 Å². The Bertz CT molecular complexity index is 820. The maximum atomic E-state index is 12.1. The zero-order valence-corrected chi connectivity index (χ0v) is 16.8. The van der Waals surface area contributed by atoms with E-state index in [-0.39, 0.29) is 11.8 Å². The molecule has 1 fully saturated rings. The Labute approximate surface area is 166 Å². The van der Waals surface area contributed by atoms with Crippen LogP contribution in [-0.4, -0.2) is 23.4 Å². The van der Waals surface area contributed by atoms with Gasteiger partial charge in [-0.05, 0) is 51.3 Å². The molecule has 0 atom stereocenters. The molecule has 1 heterocycles. The Morgan fingerprint density at radius 1 is 1.29 bits per heavy atom. The van der Waals surface area contributed by atoms with Crippen molar-refractivity contribution >= 4 is 17.6 Å². The van der Waals surface area contributed by atoms with Crippen LogP contribution in [0.1, 0.15) is 49.1 Å². The number of oxazole rings is 1. The topological polar surface area (TPSA) is 91.5 Å². The van der Waals surface area contributed by atoms with Gasteiger partial charge in [-0.3, -0.25) is 4.79 Å². The van der Waals surface area contributed by atoms with Crippen molar-refractivity contribution < 1.29 is 9.21 Å². The molecule has 7 nitrogen and oxygen atoms in total. The highest BCUT2D eigenvalue weighted by Crippen LogP contribution is 2.27. The number of guanidine groups is 1. The van der Waals surface area contributed by atoms with Gasteiger partial charge in [0.1, 0.15) is 5.76 Å². The number of hydrogen-bond acceptors (Lipinski definition) is 4. The molecule has 1 saturated carbocycles. The van der Waals surface area contributed by atoms with Gasteiger partial charge in [-0.25, -0.2) is 9.98 Å². The number of amides is 1. The van der Waals surface area contributed by atoms with Gasteiger partial charge in [0.2, 0.25) is 11.8 Å². The summed E-state index contributed by atoms with van der Waals surface area (Å²) in [4.78, 5) is 21.1. The van der Waals surface area contributed by atoms with Crippen LogP contribution in [-0.2, 0) is 17.9 Å². The van der Waals surface area contributed by atoms with Crippen molar-refractivity contribution in [3.8, 4) is 0 Å². The summed E-state index contributed by atoms with van der Waals surface area (Å²) in [7, 11) is 0. The molecular weight excluding hydrogens is 354 g/mol. The van der Waals surface area contributed by atoms with E-state index in [9.17, 15) is 4.79 Å². The summed E-state index contributed by atoms with van der Waals surface area (Å²) < 4.78 is 5.59. The maximum absolute atomic E-state index is 12.1. The maximum Gasteiger partial charge on any atom is 0.227 e. The second-order valence-corrected chi connectivity index (χ2v) is 7.12. The number of hydrogen-bond donors (Lipinski definition) is 3. The van der Waals surface area contributed by atoms with Crippen molar-refractivity contribution in [2.45, 2.75) is 53.1 Å². The molecule has 1 amide bonds. The van der Waals surface area contributed by atoms with E-state index >= 15 is 0 Å². The van der Waals surface area contributed by atoms with Crippen molar-refractivity contribution in [3.05, 3.63) is 47.2 Å². The molecule has 150 valence electrons. The average Bonchev–Trinajstić information content (AvgIpc) is 2.94. The normalized spacial score (nSPS) is 14.5. The molecule has 0 radical (unpaired) electrons. The molecule has 3 rings (SSSR count). The molecule has 0 spiro atoms. The van der Waals surface area contributed by atoms with Crippen LogP contribution < -0.4 is 16.0 Å². The van der Waals surface area contributed by atoms with Gasteiger partial charge in [-0.1, -0.05) is 18.6 Å². The number of rotatable bonds is 7. The van der Waals surface area contributed by atoms with Crippen molar-refractivity contribution in [2.75, 3.05) is 11.9 Å². The molecule has 28 heavy (non-hydrogen) atoms. The van der Waals surface area contributed by atoms with E-state index in [0.717, 1.165) is 48.5 Å². The van der Waals surface area contributed by atoms with Crippen molar-refractivity contribution in [1.29, 1.82) is 0 Å². The van der Waals surface area contributed by atoms with Crippen LogP contribution in [0.25, 0.3) is 0 Å². The summed E-state index contributed by atoms with van der Waals surface area (Å²) in [6.07, 6.45) is 3.15. The van der Waals surface area contributed by atoms with Gasteiger partial charge < -0.3 is 20.4 Å². The highest BCUT2D eigenvalue weighted by atomic mass is 16.4. The summed E-state index contributed by atoms with van der Waals surface area (Å²) in [5.74, 6) is 2.47. The Kier molecular flexibility index (Phi) is 6.68. The first-order chi connectivity index (χ1) is 13.5. The molecular formula is C21H29N5O2. The standard InChI is InChI=1S/C21H29N5O2/c1-4-22-21(24-13-19-25-14(2)15(3)28-19)23-12-16-7-5-10-18(11-16)26-20(27)17-8-6-9-17/h5,7,10-11,17H,4,6,8-9,12-13H2,1-3H3,(H,26,27)(H2,22,23,24). The number of aromatic nitrogens is 1. The lowest BCUT2D eigenvalue weighted by Gasteiger charge is -2.24. The van der Waals surface area contributed by atoms with Gasteiger partial charge in [0.05, 0.1) is 18.8 Å². The van der Waals surface area contributed by atoms with Gasteiger partial charge >= 0.3 is 0 Å². The van der Waals surface area contributed by atoms with Crippen molar-refractivity contribution in [1.82, 2.24) is 15.6 Å². The fraction of sp³-hybridized carbons (Fsp3) is 0.476. The van der Waals surface area contributed by atoms with Crippen LogP contribution >= 0.6 is 0 Å². The largest absolute Gasteiger partial charge is 0.444 e. The van der Waals surface area contributed by atoms with E-state index in [1.165, 1.54) is 0 Å². The number of carbonyl (C=O) groups excluding carboxylic acids is 1. The lowest BCUT2D eigenvalue weighted by Crippen LogP contribution is -2.36. The first-order valence-corrected chi connectivity index (χ1v) is 9.90. The highest BCUT2D eigenvalue weighted by Gasteiger charge is 2.25. The number of anilines is 1. The van der Waals surface area contributed by atoms with Crippen molar-refractivity contribution in [3.63, 3.8) is 0 Å². The lowest BCUT2D eigenvalue weighted by atomic mass is 9.85. The van der Waals surface area contributed by atoms with Crippen LogP contribution in [0.5, 0.6) is 0 Å². The quantitative estimate of drug-likeness (QED) is 0.504. The number of carbonyl (C=O) groups is 1. The van der Waals surface area contributed by atoms with Crippen LogP contribution in [0, 0.1) is 19.8 Å². The molecule has 1 aromatic heterocycles. The highest BCUT2D eigenvalue weighted by molar-refractivity contribution is 5.93. The molecule has 0 unspecified atom stereocenters. The third-order valence-electron chi connectivity index (χ3n) is 4.91. The zero-order chi connectivity index (χ0) is 19.9. The molecule has 1 aliphatic carbocycles. The number of benzene rings is 1. The molecule has 1 aromatic carbocycles.